The Hall–Kier alpha value is -1.62. The summed E-state index contributed by atoms with van der Waals surface area (Å²) in [6.45, 7) is 2.66. The summed E-state index contributed by atoms with van der Waals surface area (Å²) < 4.78 is 6.03. The lowest BCUT2D eigenvalue weighted by Gasteiger charge is -2.39. The highest BCUT2D eigenvalue weighted by Gasteiger charge is 2.40. The minimum absolute atomic E-state index is 0.0212. The molecule has 1 saturated carbocycles. The van der Waals surface area contributed by atoms with Crippen LogP contribution in [0.1, 0.15) is 44.1 Å². The van der Waals surface area contributed by atoms with Crippen LogP contribution in [-0.2, 0) is 4.74 Å². The van der Waals surface area contributed by atoms with Gasteiger partial charge in [-0.3, -0.25) is 10.1 Å². The van der Waals surface area contributed by atoms with Crippen LogP contribution in [0.15, 0.2) is 18.2 Å². The van der Waals surface area contributed by atoms with Crippen LogP contribution in [0.2, 0.25) is 0 Å². The van der Waals surface area contributed by atoms with Gasteiger partial charge in [-0.25, -0.2) is 0 Å². The number of para-hydroxylation sites is 1. The Bertz CT molecular complexity index is 538. The maximum atomic E-state index is 11.2. The Morgan fingerprint density at radius 1 is 1.38 bits per heavy atom. The van der Waals surface area contributed by atoms with Gasteiger partial charge in [0.05, 0.1) is 10.5 Å². The fourth-order valence-corrected chi connectivity index (χ4v) is 3.72. The molecule has 21 heavy (non-hydrogen) atoms. The summed E-state index contributed by atoms with van der Waals surface area (Å²) in [7, 11) is 0. The standard InChI is InChI=1S/C16H22N2O3/c1-12-5-4-6-14(18(19)20)15(12)17-13-7-10-21-16(11-13)8-2-3-9-16/h4-6,13,17H,2-3,7-11H2,1H3. The number of ether oxygens (including phenoxy) is 1. The number of hydrogen-bond donors (Lipinski definition) is 1. The molecule has 0 aromatic heterocycles. The van der Waals surface area contributed by atoms with Crippen LogP contribution in [0.4, 0.5) is 11.4 Å². The van der Waals surface area contributed by atoms with E-state index >= 15 is 0 Å². The molecule has 0 radical (unpaired) electrons. The average Bonchev–Trinajstić information content (AvgIpc) is 2.89. The maximum absolute atomic E-state index is 11.2. The van der Waals surface area contributed by atoms with E-state index < -0.39 is 0 Å². The second-order valence-corrected chi connectivity index (χ2v) is 6.30. The maximum Gasteiger partial charge on any atom is 0.292 e. The molecule has 5 nitrogen and oxygen atoms in total. The zero-order valence-corrected chi connectivity index (χ0v) is 12.4. The van der Waals surface area contributed by atoms with E-state index in [0.29, 0.717) is 5.69 Å². The zero-order chi connectivity index (χ0) is 14.9. The van der Waals surface area contributed by atoms with Crippen molar-refractivity contribution < 1.29 is 9.66 Å². The summed E-state index contributed by atoms with van der Waals surface area (Å²) in [5.74, 6) is 0. The highest BCUT2D eigenvalue weighted by atomic mass is 16.6. The molecule has 1 aromatic rings. The molecule has 2 fully saturated rings. The van der Waals surface area contributed by atoms with Gasteiger partial charge in [0.1, 0.15) is 5.69 Å². The molecule has 1 saturated heterocycles. The first-order valence-corrected chi connectivity index (χ1v) is 7.74. The normalized spacial score (nSPS) is 24.1. The first-order valence-electron chi connectivity index (χ1n) is 7.74. The van der Waals surface area contributed by atoms with Crippen molar-refractivity contribution in [2.24, 2.45) is 0 Å². The number of nitrogens with one attached hydrogen (secondary N) is 1. The van der Waals surface area contributed by atoms with Crippen molar-refractivity contribution in [2.45, 2.75) is 57.1 Å². The second kappa shape index (κ2) is 5.64. The minimum Gasteiger partial charge on any atom is -0.376 e. The Balaban J connectivity index is 1.79. The molecule has 0 bridgehead atoms. The van der Waals surface area contributed by atoms with Crippen LogP contribution in [0, 0.1) is 17.0 Å². The van der Waals surface area contributed by atoms with Gasteiger partial charge in [-0.1, -0.05) is 25.0 Å². The molecule has 1 aromatic carbocycles. The number of anilines is 1. The van der Waals surface area contributed by atoms with E-state index in [4.69, 9.17) is 4.74 Å². The molecule has 114 valence electrons. The topological polar surface area (TPSA) is 64.4 Å². The third-order valence-electron chi connectivity index (χ3n) is 4.80. The van der Waals surface area contributed by atoms with Gasteiger partial charge in [0, 0.05) is 18.7 Å². The monoisotopic (exact) mass is 290 g/mol. The highest BCUT2D eigenvalue weighted by Crippen LogP contribution is 2.41. The summed E-state index contributed by atoms with van der Waals surface area (Å²) in [4.78, 5) is 10.9. The van der Waals surface area contributed by atoms with Gasteiger partial charge < -0.3 is 10.1 Å². The molecule has 1 unspecified atom stereocenters. The van der Waals surface area contributed by atoms with Crippen LogP contribution >= 0.6 is 0 Å². The minimum atomic E-state index is -0.306. The predicted octanol–water partition coefficient (Wildman–Crippen LogP) is 3.81. The van der Waals surface area contributed by atoms with Crippen LogP contribution in [-0.4, -0.2) is 23.2 Å². The van der Waals surface area contributed by atoms with Gasteiger partial charge in [0.15, 0.2) is 0 Å². The van der Waals surface area contributed by atoms with Crippen molar-refractivity contribution >= 4 is 11.4 Å². The first-order chi connectivity index (χ1) is 10.1. The largest absolute Gasteiger partial charge is 0.376 e. The molecule has 1 spiro atoms. The highest BCUT2D eigenvalue weighted by molar-refractivity contribution is 5.66. The number of aryl methyl sites for hydroxylation is 1. The molecule has 1 aliphatic carbocycles. The zero-order valence-electron chi connectivity index (χ0n) is 12.4. The summed E-state index contributed by atoms with van der Waals surface area (Å²) in [5, 5.41) is 14.6. The molecule has 0 amide bonds. The van der Waals surface area contributed by atoms with E-state index in [-0.39, 0.29) is 22.3 Å². The van der Waals surface area contributed by atoms with E-state index in [2.05, 4.69) is 5.32 Å². The van der Waals surface area contributed by atoms with Crippen molar-refractivity contribution in [3.63, 3.8) is 0 Å². The molecule has 1 aliphatic heterocycles. The lowest BCUT2D eigenvalue weighted by molar-refractivity contribution is -0.384. The third-order valence-corrected chi connectivity index (χ3v) is 4.80. The average molecular weight is 290 g/mol. The summed E-state index contributed by atoms with van der Waals surface area (Å²) in [5.41, 5.74) is 1.79. The number of nitro groups is 1. The molecule has 1 atom stereocenters. The number of hydrogen-bond acceptors (Lipinski definition) is 4. The Morgan fingerprint density at radius 2 is 2.14 bits per heavy atom. The lowest BCUT2D eigenvalue weighted by atomic mass is 9.88. The van der Waals surface area contributed by atoms with Crippen LogP contribution in [0.25, 0.3) is 0 Å². The lowest BCUT2D eigenvalue weighted by Crippen LogP contribution is -2.42. The molecule has 3 rings (SSSR count). The fourth-order valence-electron chi connectivity index (χ4n) is 3.72. The van der Waals surface area contributed by atoms with E-state index in [9.17, 15) is 10.1 Å². The molecule has 1 heterocycles. The van der Waals surface area contributed by atoms with Crippen LogP contribution < -0.4 is 5.32 Å². The molecule has 1 N–H and O–H groups in total. The van der Waals surface area contributed by atoms with E-state index in [1.807, 2.05) is 13.0 Å². The number of rotatable bonds is 3. The summed E-state index contributed by atoms with van der Waals surface area (Å²) in [6, 6.07) is 5.48. The van der Waals surface area contributed by atoms with E-state index in [1.165, 1.54) is 12.8 Å². The SMILES string of the molecule is Cc1cccc([N+](=O)[O-])c1NC1CCOC2(CCCC2)C1. The predicted molar refractivity (Wildman–Crippen MR) is 81.6 cm³/mol. The van der Waals surface area contributed by atoms with Crippen molar-refractivity contribution in [1.29, 1.82) is 0 Å². The van der Waals surface area contributed by atoms with Gasteiger partial charge in [-0.15, -0.1) is 0 Å². The smallest absolute Gasteiger partial charge is 0.292 e. The van der Waals surface area contributed by atoms with Gasteiger partial charge in [0.2, 0.25) is 0 Å². The third kappa shape index (κ3) is 2.88. The number of benzene rings is 1. The molecular formula is C16H22N2O3. The van der Waals surface area contributed by atoms with Crippen molar-refractivity contribution in [2.75, 3.05) is 11.9 Å². The second-order valence-electron chi connectivity index (χ2n) is 6.30. The Labute approximate surface area is 124 Å². The van der Waals surface area contributed by atoms with Gasteiger partial charge in [-0.05, 0) is 38.2 Å². The van der Waals surface area contributed by atoms with Gasteiger partial charge in [0.25, 0.3) is 5.69 Å². The van der Waals surface area contributed by atoms with Crippen LogP contribution in [0.5, 0.6) is 0 Å². The number of nitro benzene ring substituents is 1. The summed E-state index contributed by atoms with van der Waals surface area (Å²) >= 11 is 0. The molecule has 5 heteroatoms. The van der Waals surface area contributed by atoms with E-state index in [0.717, 1.165) is 37.9 Å². The Kier molecular flexibility index (Phi) is 3.85. The fraction of sp³-hybridized carbons (Fsp3) is 0.625. The van der Waals surface area contributed by atoms with Gasteiger partial charge >= 0.3 is 0 Å². The summed E-state index contributed by atoms with van der Waals surface area (Å²) in [6.07, 6.45) is 6.59. The first kappa shape index (κ1) is 14.3. The van der Waals surface area contributed by atoms with E-state index in [1.54, 1.807) is 12.1 Å². The molecular weight excluding hydrogens is 268 g/mol. The molecule has 2 aliphatic rings. The number of nitrogens with zero attached hydrogens (tertiary/aromatic N) is 1. The van der Waals surface area contributed by atoms with Gasteiger partial charge in [-0.2, -0.15) is 0 Å². The van der Waals surface area contributed by atoms with Crippen molar-refractivity contribution in [1.82, 2.24) is 0 Å². The quantitative estimate of drug-likeness (QED) is 0.679. The van der Waals surface area contributed by atoms with Crippen molar-refractivity contribution in [3.05, 3.63) is 33.9 Å². The van der Waals surface area contributed by atoms with Crippen LogP contribution in [0.3, 0.4) is 0 Å². The Morgan fingerprint density at radius 3 is 2.86 bits per heavy atom. The van der Waals surface area contributed by atoms with Crippen molar-refractivity contribution in [3.8, 4) is 0 Å².